The van der Waals surface area contributed by atoms with E-state index in [-0.39, 0.29) is 23.6 Å². The van der Waals surface area contributed by atoms with E-state index < -0.39 is 22.3 Å². The highest BCUT2D eigenvalue weighted by atomic mass is 16.6. The van der Waals surface area contributed by atoms with Crippen molar-refractivity contribution in [1.82, 2.24) is 5.32 Å². The number of hydrogen-bond donors (Lipinski definition) is 2. The lowest BCUT2D eigenvalue weighted by atomic mass is 9.84. The maximum Gasteiger partial charge on any atom is 0.305 e. The average Bonchev–Trinajstić information content (AvgIpc) is 2.37. The van der Waals surface area contributed by atoms with Crippen LogP contribution < -0.4 is 5.32 Å². The molecule has 1 aromatic rings. The normalized spacial score (nSPS) is 13.5. The Labute approximate surface area is 128 Å². The van der Waals surface area contributed by atoms with Gasteiger partial charge >= 0.3 is 5.97 Å². The molecule has 120 valence electrons. The van der Waals surface area contributed by atoms with Gasteiger partial charge in [0.1, 0.15) is 0 Å². The number of carboxylic acid groups (broad SMARTS) is 1. The number of carbonyl (C=O) groups is 2. The molecule has 1 atom stereocenters. The Morgan fingerprint density at radius 3 is 2.45 bits per heavy atom. The predicted molar refractivity (Wildman–Crippen MR) is 80.8 cm³/mol. The predicted octanol–water partition coefficient (Wildman–Crippen LogP) is 2.52. The van der Waals surface area contributed by atoms with E-state index in [4.69, 9.17) is 5.11 Å². The van der Waals surface area contributed by atoms with Crippen molar-refractivity contribution < 1.29 is 19.6 Å². The average molecular weight is 308 g/mol. The molecule has 0 spiro atoms. The van der Waals surface area contributed by atoms with Crippen LogP contribution in [0.5, 0.6) is 0 Å². The van der Waals surface area contributed by atoms with Crippen molar-refractivity contribution in [3.05, 3.63) is 39.4 Å². The lowest BCUT2D eigenvalue weighted by molar-refractivity contribution is -0.384. The zero-order chi connectivity index (χ0) is 17.1. The van der Waals surface area contributed by atoms with E-state index in [1.54, 1.807) is 13.8 Å². The number of nitro groups is 1. The van der Waals surface area contributed by atoms with Crippen LogP contribution in [0.2, 0.25) is 0 Å². The number of benzene rings is 1. The van der Waals surface area contributed by atoms with Gasteiger partial charge in [0.05, 0.1) is 16.9 Å². The first-order valence-corrected chi connectivity index (χ1v) is 6.86. The number of non-ortho nitro benzene ring substituents is 1. The van der Waals surface area contributed by atoms with Crippen LogP contribution in [0.3, 0.4) is 0 Å². The molecular formula is C15H20N2O5. The molecule has 0 aliphatic carbocycles. The van der Waals surface area contributed by atoms with Crippen molar-refractivity contribution in [1.29, 1.82) is 0 Å². The first-order chi connectivity index (χ1) is 10.1. The second-order valence-corrected chi connectivity index (χ2v) is 5.85. The summed E-state index contributed by atoms with van der Waals surface area (Å²) in [4.78, 5) is 33.7. The standard InChI is InChI=1S/C15H20N2O5/c1-9(2)15(4,8-13(18)19)16-14(20)12-7-11(17(21)22)6-5-10(12)3/h5-7,9H,8H2,1-4H3,(H,16,20)(H,18,19). The number of rotatable bonds is 6. The molecule has 0 heterocycles. The zero-order valence-corrected chi connectivity index (χ0v) is 13.0. The number of aliphatic carboxylic acids is 1. The molecule has 7 heteroatoms. The Morgan fingerprint density at radius 1 is 1.41 bits per heavy atom. The van der Waals surface area contributed by atoms with E-state index in [1.807, 2.05) is 13.8 Å². The van der Waals surface area contributed by atoms with Crippen molar-refractivity contribution in [2.24, 2.45) is 5.92 Å². The largest absolute Gasteiger partial charge is 0.481 e. The number of amides is 1. The summed E-state index contributed by atoms with van der Waals surface area (Å²) in [5.74, 6) is -1.66. The van der Waals surface area contributed by atoms with Gasteiger partial charge < -0.3 is 10.4 Å². The molecule has 0 bridgehead atoms. The summed E-state index contributed by atoms with van der Waals surface area (Å²) in [7, 11) is 0. The number of nitrogens with zero attached hydrogens (tertiary/aromatic N) is 1. The number of carboxylic acids is 1. The molecular weight excluding hydrogens is 288 g/mol. The van der Waals surface area contributed by atoms with E-state index in [1.165, 1.54) is 18.2 Å². The third-order valence-corrected chi connectivity index (χ3v) is 3.87. The number of nitro benzene ring substituents is 1. The van der Waals surface area contributed by atoms with E-state index in [0.29, 0.717) is 5.56 Å². The molecule has 0 saturated carbocycles. The number of nitrogens with one attached hydrogen (secondary N) is 1. The van der Waals surface area contributed by atoms with Crippen LogP contribution in [0.4, 0.5) is 5.69 Å². The first kappa shape index (κ1) is 17.6. The fourth-order valence-electron chi connectivity index (χ4n) is 2.00. The minimum absolute atomic E-state index is 0.119. The van der Waals surface area contributed by atoms with Gasteiger partial charge in [-0.2, -0.15) is 0 Å². The molecule has 0 fully saturated rings. The molecule has 1 aromatic carbocycles. The Kier molecular flexibility index (Phi) is 5.24. The second kappa shape index (κ2) is 6.55. The Morgan fingerprint density at radius 2 is 2.00 bits per heavy atom. The maximum atomic E-state index is 12.4. The number of carbonyl (C=O) groups excluding carboxylic acids is 1. The summed E-state index contributed by atoms with van der Waals surface area (Å²) in [6.45, 7) is 6.94. The highest BCUT2D eigenvalue weighted by Crippen LogP contribution is 2.23. The van der Waals surface area contributed by atoms with Gasteiger partial charge in [-0.25, -0.2) is 0 Å². The Balaban J connectivity index is 3.12. The van der Waals surface area contributed by atoms with Crippen LogP contribution in [0, 0.1) is 23.0 Å². The summed E-state index contributed by atoms with van der Waals surface area (Å²) in [6, 6.07) is 4.02. The van der Waals surface area contributed by atoms with Crippen molar-refractivity contribution in [3.8, 4) is 0 Å². The maximum absolute atomic E-state index is 12.4. The highest BCUT2D eigenvalue weighted by molar-refractivity contribution is 5.97. The summed E-state index contributed by atoms with van der Waals surface area (Å²) < 4.78 is 0. The third kappa shape index (κ3) is 4.03. The van der Waals surface area contributed by atoms with Crippen LogP contribution in [-0.4, -0.2) is 27.4 Å². The summed E-state index contributed by atoms with van der Waals surface area (Å²) in [5, 5.41) is 22.5. The zero-order valence-electron chi connectivity index (χ0n) is 13.0. The van der Waals surface area contributed by atoms with Gasteiger partial charge in [0.15, 0.2) is 0 Å². The molecule has 7 nitrogen and oxygen atoms in total. The molecule has 1 amide bonds. The van der Waals surface area contributed by atoms with Gasteiger partial charge in [-0.3, -0.25) is 19.7 Å². The van der Waals surface area contributed by atoms with E-state index in [9.17, 15) is 19.7 Å². The fourth-order valence-corrected chi connectivity index (χ4v) is 2.00. The van der Waals surface area contributed by atoms with Crippen molar-refractivity contribution in [2.45, 2.75) is 39.7 Å². The van der Waals surface area contributed by atoms with Crippen molar-refractivity contribution in [2.75, 3.05) is 0 Å². The lowest BCUT2D eigenvalue weighted by Gasteiger charge is -2.33. The molecule has 0 saturated heterocycles. The second-order valence-electron chi connectivity index (χ2n) is 5.85. The molecule has 2 N–H and O–H groups in total. The molecule has 0 aliphatic heterocycles. The van der Waals surface area contributed by atoms with Crippen LogP contribution in [0.25, 0.3) is 0 Å². The fraction of sp³-hybridized carbons (Fsp3) is 0.467. The van der Waals surface area contributed by atoms with Gasteiger partial charge in [-0.1, -0.05) is 19.9 Å². The van der Waals surface area contributed by atoms with Gasteiger partial charge in [-0.05, 0) is 25.3 Å². The Bertz CT molecular complexity index is 612. The van der Waals surface area contributed by atoms with Crippen LogP contribution in [0.1, 0.15) is 43.1 Å². The van der Waals surface area contributed by atoms with E-state index in [0.717, 1.165) is 0 Å². The monoisotopic (exact) mass is 308 g/mol. The summed E-state index contributed by atoms with van der Waals surface area (Å²) in [6.07, 6.45) is -0.232. The smallest absolute Gasteiger partial charge is 0.305 e. The van der Waals surface area contributed by atoms with E-state index in [2.05, 4.69) is 5.32 Å². The van der Waals surface area contributed by atoms with Gasteiger partial charge in [-0.15, -0.1) is 0 Å². The SMILES string of the molecule is Cc1ccc([N+](=O)[O-])cc1C(=O)NC(C)(CC(=O)O)C(C)C. The van der Waals surface area contributed by atoms with Crippen LogP contribution in [-0.2, 0) is 4.79 Å². The van der Waals surface area contributed by atoms with Crippen molar-refractivity contribution in [3.63, 3.8) is 0 Å². The quantitative estimate of drug-likeness (QED) is 0.620. The summed E-state index contributed by atoms with van der Waals surface area (Å²) in [5.41, 5.74) is -0.365. The highest BCUT2D eigenvalue weighted by Gasteiger charge is 2.33. The summed E-state index contributed by atoms with van der Waals surface area (Å²) >= 11 is 0. The van der Waals surface area contributed by atoms with Gasteiger partial charge in [0, 0.05) is 17.7 Å². The number of aryl methyl sites for hydroxylation is 1. The Hall–Kier alpha value is -2.44. The number of hydrogen-bond acceptors (Lipinski definition) is 4. The van der Waals surface area contributed by atoms with Gasteiger partial charge in [0.25, 0.3) is 11.6 Å². The third-order valence-electron chi connectivity index (χ3n) is 3.87. The minimum Gasteiger partial charge on any atom is -0.481 e. The van der Waals surface area contributed by atoms with Crippen molar-refractivity contribution >= 4 is 17.6 Å². The molecule has 1 rings (SSSR count). The van der Waals surface area contributed by atoms with Crippen LogP contribution >= 0.6 is 0 Å². The topological polar surface area (TPSA) is 110 Å². The first-order valence-electron chi connectivity index (χ1n) is 6.86. The molecule has 22 heavy (non-hydrogen) atoms. The van der Waals surface area contributed by atoms with Crippen LogP contribution in [0.15, 0.2) is 18.2 Å². The molecule has 1 unspecified atom stereocenters. The molecule has 0 radical (unpaired) electrons. The molecule has 0 aliphatic rings. The van der Waals surface area contributed by atoms with Gasteiger partial charge in [0.2, 0.25) is 0 Å². The molecule has 0 aromatic heterocycles. The minimum atomic E-state index is -1.02. The lowest BCUT2D eigenvalue weighted by Crippen LogP contribution is -2.51. The van der Waals surface area contributed by atoms with E-state index >= 15 is 0 Å².